The van der Waals surface area contributed by atoms with Crippen LogP contribution in [-0.2, 0) is 28.6 Å². The molecule has 0 saturated heterocycles. The van der Waals surface area contributed by atoms with Crippen LogP contribution >= 0.6 is 0 Å². The second-order valence-corrected chi connectivity index (χ2v) is 23.1. The first-order valence-electron chi connectivity index (χ1n) is 33.7. The molecular weight excluding hydrogens is 913 g/mol. The molecule has 0 rings (SSSR count). The Labute approximate surface area is 462 Å². The Balaban J connectivity index is 4.07. The molecule has 0 bridgehead atoms. The molecule has 0 aliphatic heterocycles. The van der Waals surface area contributed by atoms with Gasteiger partial charge in [-0.15, -0.1) is 0 Å². The van der Waals surface area contributed by atoms with E-state index in [4.69, 9.17) is 14.2 Å². The van der Waals surface area contributed by atoms with Crippen molar-refractivity contribution in [3.8, 4) is 0 Å². The number of carbonyl (C=O) groups excluding carboxylic acids is 3. The van der Waals surface area contributed by atoms with Crippen molar-refractivity contribution < 1.29 is 28.6 Å². The minimum Gasteiger partial charge on any atom is -0.462 e. The first-order chi connectivity index (χ1) is 36.5. The molecule has 74 heavy (non-hydrogen) atoms. The quantitative estimate of drug-likeness (QED) is 0.0261. The zero-order chi connectivity index (χ0) is 53.6. The maximum absolute atomic E-state index is 12.9. The number of esters is 3. The zero-order valence-electron chi connectivity index (χ0n) is 50.4. The van der Waals surface area contributed by atoms with Gasteiger partial charge in [0.2, 0.25) is 0 Å². The van der Waals surface area contributed by atoms with Crippen molar-refractivity contribution in [1.29, 1.82) is 0 Å². The molecule has 0 aromatic rings. The molecule has 0 N–H and O–H groups in total. The van der Waals surface area contributed by atoms with Crippen LogP contribution in [0, 0.1) is 0 Å². The molecule has 0 radical (unpaired) electrons. The summed E-state index contributed by atoms with van der Waals surface area (Å²) < 4.78 is 16.9. The number of rotatable bonds is 63. The van der Waals surface area contributed by atoms with Gasteiger partial charge in [0.05, 0.1) is 0 Å². The fraction of sp³-hybridized carbons (Fsp3) is 0.926. The molecule has 438 valence electrons. The predicted molar refractivity (Wildman–Crippen MR) is 321 cm³/mol. The summed E-state index contributed by atoms with van der Waals surface area (Å²) in [6.07, 6.45) is 75.4. The van der Waals surface area contributed by atoms with Gasteiger partial charge in [-0.1, -0.05) is 335 Å². The molecule has 6 heteroatoms. The summed E-state index contributed by atoms with van der Waals surface area (Å²) in [5.74, 6) is -0.848. The number of hydrogen-bond donors (Lipinski definition) is 0. The number of ether oxygens (including phenoxy) is 3. The highest BCUT2D eigenvalue weighted by Gasteiger charge is 2.19. The van der Waals surface area contributed by atoms with Crippen molar-refractivity contribution in [2.45, 2.75) is 393 Å². The summed E-state index contributed by atoms with van der Waals surface area (Å²) >= 11 is 0. The van der Waals surface area contributed by atoms with E-state index in [0.29, 0.717) is 19.3 Å². The lowest BCUT2D eigenvalue weighted by atomic mass is 10.0. The average Bonchev–Trinajstić information content (AvgIpc) is 3.40. The van der Waals surface area contributed by atoms with Gasteiger partial charge < -0.3 is 14.2 Å². The van der Waals surface area contributed by atoms with Crippen molar-refractivity contribution >= 4 is 17.9 Å². The Morgan fingerprint density at radius 3 is 0.689 bits per heavy atom. The number of carbonyl (C=O) groups is 3. The van der Waals surface area contributed by atoms with Crippen LogP contribution in [0.5, 0.6) is 0 Å². The molecule has 0 spiro atoms. The summed E-state index contributed by atoms with van der Waals surface area (Å²) in [5, 5.41) is 0. The highest BCUT2D eigenvalue weighted by molar-refractivity contribution is 5.71. The van der Waals surface area contributed by atoms with Crippen LogP contribution in [0.15, 0.2) is 12.2 Å². The van der Waals surface area contributed by atoms with Crippen LogP contribution in [0.1, 0.15) is 387 Å². The SMILES string of the molecule is CCCCCC/C=C\CCCCCCCC(=O)OC(COC(=O)CCCCCCCCCCCCCCC)COC(=O)CCCCCCCCCCCCCCCCCCCCCCCCCCCCCCCC. The maximum Gasteiger partial charge on any atom is 0.306 e. The number of unbranched alkanes of at least 4 members (excludes halogenated alkanes) is 50. The molecular formula is C68H130O6. The molecule has 0 aromatic carbocycles. The van der Waals surface area contributed by atoms with Gasteiger partial charge in [-0.05, 0) is 44.9 Å². The Morgan fingerprint density at radius 1 is 0.257 bits per heavy atom. The second kappa shape index (κ2) is 63.7. The van der Waals surface area contributed by atoms with Crippen molar-refractivity contribution in [3.63, 3.8) is 0 Å². The van der Waals surface area contributed by atoms with E-state index in [1.807, 2.05) is 0 Å². The Kier molecular flexibility index (Phi) is 62.1. The predicted octanol–water partition coefficient (Wildman–Crippen LogP) is 22.8. The molecule has 0 saturated carbocycles. The second-order valence-electron chi connectivity index (χ2n) is 23.1. The van der Waals surface area contributed by atoms with E-state index in [-0.39, 0.29) is 31.1 Å². The Morgan fingerprint density at radius 2 is 0.446 bits per heavy atom. The third kappa shape index (κ3) is 61.0. The van der Waals surface area contributed by atoms with Gasteiger partial charge in [0.15, 0.2) is 6.10 Å². The number of hydrogen-bond acceptors (Lipinski definition) is 6. The van der Waals surface area contributed by atoms with Crippen molar-refractivity contribution in [1.82, 2.24) is 0 Å². The van der Waals surface area contributed by atoms with Crippen LogP contribution < -0.4 is 0 Å². The van der Waals surface area contributed by atoms with E-state index in [0.717, 1.165) is 64.2 Å². The summed E-state index contributed by atoms with van der Waals surface area (Å²) in [4.78, 5) is 38.2. The highest BCUT2D eigenvalue weighted by Crippen LogP contribution is 2.19. The van der Waals surface area contributed by atoms with Gasteiger partial charge >= 0.3 is 17.9 Å². The molecule has 0 aromatic heterocycles. The average molecular weight is 1040 g/mol. The third-order valence-corrected chi connectivity index (χ3v) is 15.5. The smallest absolute Gasteiger partial charge is 0.306 e. The maximum atomic E-state index is 12.9. The van der Waals surface area contributed by atoms with Crippen LogP contribution in [0.2, 0.25) is 0 Å². The van der Waals surface area contributed by atoms with Crippen molar-refractivity contribution in [2.75, 3.05) is 13.2 Å². The zero-order valence-corrected chi connectivity index (χ0v) is 50.4. The Hall–Kier alpha value is -1.85. The van der Waals surface area contributed by atoms with Gasteiger partial charge in [-0.3, -0.25) is 14.4 Å². The van der Waals surface area contributed by atoms with Gasteiger partial charge in [0.1, 0.15) is 13.2 Å². The summed E-state index contributed by atoms with van der Waals surface area (Å²) in [5.41, 5.74) is 0. The van der Waals surface area contributed by atoms with Crippen molar-refractivity contribution in [2.24, 2.45) is 0 Å². The van der Waals surface area contributed by atoms with Gasteiger partial charge in [0.25, 0.3) is 0 Å². The summed E-state index contributed by atoms with van der Waals surface area (Å²) in [7, 11) is 0. The molecule has 0 amide bonds. The van der Waals surface area contributed by atoms with Gasteiger partial charge in [0, 0.05) is 19.3 Å². The first-order valence-corrected chi connectivity index (χ1v) is 33.7. The lowest BCUT2D eigenvalue weighted by Crippen LogP contribution is -2.30. The fourth-order valence-corrected chi connectivity index (χ4v) is 10.4. The molecule has 0 aliphatic carbocycles. The first kappa shape index (κ1) is 72.2. The molecule has 0 aliphatic rings. The van der Waals surface area contributed by atoms with E-state index in [1.54, 1.807) is 0 Å². The summed E-state index contributed by atoms with van der Waals surface area (Å²) in [6.45, 7) is 6.69. The largest absolute Gasteiger partial charge is 0.462 e. The van der Waals surface area contributed by atoms with E-state index in [9.17, 15) is 14.4 Å². The lowest BCUT2D eigenvalue weighted by Gasteiger charge is -2.18. The molecule has 1 unspecified atom stereocenters. The monoisotopic (exact) mass is 1040 g/mol. The van der Waals surface area contributed by atoms with E-state index >= 15 is 0 Å². The van der Waals surface area contributed by atoms with Crippen LogP contribution in [-0.4, -0.2) is 37.2 Å². The van der Waals surface area contributed by atoms with Gasteiger partial charge in [-0.25, -0.2) is 0 Å². The summed E-state index contributed by atoms with van der Waals surface area (Å²) in [6, 6.07) is 0. The normalized spacial score (nSPS) is 12.0. The molecule has 0 fully saturated rings. The minimum absolute atomic E-state index is 0.0672. The minimum atomic E-state index is -0.769. The standard InChI is InChI=1S/C68H130O6/c1-4-7-10-13-16-19-22-25-26-27-28-29-30-31-32-33-34-35-36-37-38-39-40-41-44-46-49-52-55-58-61-67(70)73-64-65(74-68(71)62-59-56-53-50-47-43-24-21-18-15-12-9-6-3)63-72-66(69)60-57-54-51-48-45-42-23-20-17-14-11-8-5-2/h21,24,65H,4-20,22-23,25-64H2,1-3H3/b24-21-. The topological polar surface area (TPSA) is 78.9 Å². The van der Waals surface area contributed by atoms with Crippen LogP contribution in [0.25, 0.3) is 0 Å². The molecule has 1 atom stereocenters. The van der Waals surface area contributed by atoms with Gasteiger partial charge in [-0.2, -0.15) is 0 Å². The van der Waals surface area contributed by atoms with Crippen LogP contribution in [0.4, 0.5) is 0 Å². The lowest BCUT2D eigenvalue weighted by molar-refractivity contribution is -0.167. The third-order valence-electron chi connectivity index (χ3n) is 15.5. The van der Waals surface area contributed by atoms with Crippen LogP contribution in [0.3, 0.4) is 0 Å². The van der Waals surface area contributed by atoms with Crippen molar-refractivity contribution in [3.05, 3.63) is 12.2 Å². The highest BCUT2D eigenvalue weighted by atomic mass is 16.6. The fourth-order valence-electron chi connectivity index (χ4n) is 10.4. The molecule has 6 nitrogen and oxygen atoms in total. The van der Waals surface area contributed by atoms with E-state index in [1.165, 1.54) is 283 Å². The van der Waals surface area contributed by atoms with E-state index < -0.39 is 6.10 Å². The van der Waals surface area contributed by atoms with E-state index in [2.05, 4.69) is 32.9 Å². The number of allylic oxidation sites excluding steroid dienone is 2. The molecule has 0 heterocycles. The Bertz CT molecular complexity index is 1150.